The highest BCUT2D eigenvalue weighted by Crippen LogP contribution is 2.35. The van der Waals surface area contributed by atoms with E-state index < -0.39 is 0 Å². The number of aromatic nitrogens is 3. The largest absolute Gasteiger partial charge is 0.328 e. The number of hydrogen-bond acceptors (Lipinski definition) is 3. The van der Waals surface area contributed by atoms with Crippen molar-refractivity contribution in [2.75, 3.05) is 0 Å². The van der Waals surface area contributed by atoms with Crippen LogP contribution in [0.3, 0.4) is 0 Å². The Morgan fingerprint density at radius 2 is 2.21 bits per heavy atom. The first-order chi connectivity index (χ1) is 9.20. The van der Waals surface area contributed by atoms with Crippen molar-refractivity contribution in [2.45, 2.75) is 0 Å². The van der Waals surface area contributed by atoms with E-state index in [9.17, 15) is 4.79 Å². The van der Waals surface area contributed by atoms with Crippen LogP contribution < -0.4 is 5.56 Å². The molecule has 0 unspecified atom stereocenters. The third-order valence-corrected chi connectivity index (χ3v) is 4.78. The molecule has 96 valence electrons. The predicted molar refractivity (Wildman–Crippen MR) is 87.8 cm³/mol. The van der Waals surface area contributed by atoms with E-state index in [-0.39, 0.29) is 5.56 Å². The topological polar surface area (TPSA) is 50.7 Å². The number of nitrogens with one attached hydrogen (secondary N) is 1. The maximum atomic E-state index is 11.1. The summed E-state index contributed by atoms with van der Waals surface area (Å²) in [5.74, 6) is 0. The summed E-state index contributed by atoms with van der Waals surface area (Å²) in [5.41, 5.74) is 2.56. The molecule has 0 bridgehead atoms. The van der Waals surface area contributed by atoms with Crippen LogP contribution in [-0.2, 0) is 0 Å². The standard InChI is InChI=1S/C12H7ClIN3OS/c13-9-3-4-15-12-8(9)5-10(17(12)19-14)7-1-2-11(18)16-6-7/h1-6H,(H,16,18). The Morgan fingerprint density at radius 1 is 1.37 bits per heavy atom. The fourth-order valence-corrected chi connectivity index (χ4v) is 3.72. The number of hydrogen-bond donors (Lipinski definition) is 1. The number of nitrogens with zero attached hydrogens (tertiary/aromatic N) is 2. The van der Waals surface area contributed by atoms with E-state index in [1.807, 2.05) is 10.0 Å². The van der Waals surface area contributed by atoms with Gasteiger partial charge in [-0.25, -0.2) is 4.98 Å². The average Bonchev–Trinajstić information content (AvgIpc) is 2.79. The quantitative estimate of drug-likeness (QED) is 0.661. The van der Waals surface area contributed by atoms with Gasteiger partial charge in [0.1, 0.15) is 0 Å². The molecule has 0 saturated heterocycles. The van der Waals surface area contributed by atoms with Crippen LogP contribution in [0.25, 0.3) is 22.3 Å². The average molecular weight is 404 g/mol. The molecular weight excluding hydrogens is 397 g/mol. The third-order valence-electron chi connectivity index (χ3n) is 2.76. The van der Waals surface area contributed by atoms with Gasteiger partial charge in [0.25, 0.3) is 0 Å². The van der Waals surface area contributed by atoms with E-state index in [0.29, 0.717) is 5.02 Å². The minimum absolute atomic E-state index is 0.121. The molecular formula is C12H7ClIN3OS. The summed E-state index contributed by atoms with van der Waals surface area (Å²) in [4.78, 5) is 18.2. The second-order valence-corrected chi connectivity index (χ2v) is 5.96. The van der Waals surface area contributed by atoms with Crippen molar-refractivity contribution >= 4 is 53.0 Å². The molecule has 0 saturated carbocycles. The molecule has 0 atom stereocenters. The minimum Gasteiger partial charge on any atom is -0.328 e. The van der Waals surface area contributed by atoms with Gasteiger partial charge in [-0.1, -0.05) is 11.6 Å². The second kappa shape index (κ2) is 5.18. The Balaban J connectivity index is 2.31. The molecule has 0 fully saturated rings. The smallest absolute Gasteiger partial charge is 0.247 e. The summed E-state index contributed by atoms with van der Waals surface area (Å²) in [7, 11) is 1.51. The maximum absolute atomic E-state index is 11.1. The maximum Gasteiger partial charge on any atom is 0.247 e. The van der Waals surface area contributed by atoms with Gasteiger partial charge < -0.3 is 4.98 Å². The van der Waals surface area contributed by atoms with Crippen LogP contribution in [-0.4, -0.2) is 13.9 Å². The van der Waals surface area contributed by atoms with Crippen molar-refractivity contribution in [3.05, 3.63) is 52.0 Å². The Kier molecular flexibility index (Phi) is 3.55. The highest BCUT2D eigenvalue weighted by molar-refractivity contribution is 14.2. The molecule has 0 aliphatic carbocycles. The van der Waals surface area contributed by atoms with Gasteiger partial charge in [0.15, 0.2) is 5.65 Å². The number of halogens is 2. The first-order valence-corrected chi connectivity index (χ1v) is 9.04. The molecule has 3 aromatic heterocycles. The first-order valence-electron chi connectivity index (χ1n) is 5.35. The fourth-order valence-electron chi connectivity index (χ4n) is 1.88. The number of fused-ring (bicyclic) bond motifs is 1. The van der Waals surface area contributed by atoms with Crippen molar-refractivity contribution in [1.82, 2.24) is 13.9 Å². The number of H-pyrrole nitrogens is 1. The molecule has 0 aliphatic rings. The molecule has 7 heteroatoms. The first kappa shape index (κ1) is 13.0. The summed E-state index contributed by atoms with van der Waals surface area (Å²) in [6.07, 6.45) is 3.37. The number of pyridine rings is 2. The zero-order valence-corrected chi connectivity index (χ0v) is 13.2. The van der Waals surface area contributed by atoms with E-state index >= 15 is 0 Å². The van der Waals surface area contributed by atoms with Gasteiger partial charge >= 0.3 is 0 Å². The van der Waals surface area contributed by atoms with Crippen LogP contribution in [0.4, 0.5) is 0 Å². The van der Waals surface area contributed by atoms with Crippen LogP contribution in [0.5, 0.6) is 0 Å². The second-order valence-electron chi connectivity index (χ2n) is 3.86. The number of rotatable bonds is 2. The van der Waals surface area contributed by atoms with Crippen LogP contribution in [0.2, 0.25) is 5.02 Å². The molecule has 1 N–H and O–H groups in total. The summed E-state index contributed by atoms with van der Waals surface area (Å²) in [6, 6.07) is 7.03. The lowest BCUT2D eigenvalue weighted by molar-refractivity contribution is 1.22. The van der Waals surface area contributed by atoms with Crippen LogP contribution in [0.15, 0.2) is 41.5 Å². The van der Waals surface area contributed by atoms with Crippen LogP contribution in [0, 0.1) is 0 Å². The van der Waals surface area contributed by atoms with E-state index in [1.54, 1.807) is 24.5 Å². The lowest BCUT2D eigenvalue weighted by Gasteiger charge is -2.04. The SMILES string of the molecule is O=c1ccc(-c2cc3c(Cl)ccnc3n2SI)c[nH]1. The van der Waals surface area contributed by atoms with E-state index in [0.717, 1.165) is 22.3 Å². The lowest BCUT2D eigenvalue weighted by atomic mass is 10.2. The van der Waals surface area contributed by atoms with Crippen molar-refractivity contribution in [3.8, 4) is 11.3 Å². The van der Waals surface area contributed by atoms with E-state index in [2.05, 4.69) is 31.2 Å². The summed E-state index contributed by atoms with van der Waals surface area (Å²) in [6.45, 7) is 0. The molecule has 3 heterocycles. The van der Waals surface area contributed by atoms with E-state index in [1.165, 1.54) is 15.2 Å². The summed E-state index contributed by atoms with van der Waals surface area (Å²) >= 11 is 8.38. The Hall–Kier alpha value is -0.990. The molecule has 0 amide bonds. The third kappa shape index (κ3) is 2.28. The molecule has 19 heavy (non-hydrogen) atoms. The van der Waals surface area contributed by atoms with Gasteiger partial charge in [0.2, 0.25) is 5.56 Å². The van der Waals surface area contributed by atoms with Crippen LogP contribution >= 0.6 is 41.9 Å². The highest BCUT2D eigenvalue weighted by atomic mass is 127. The lowest BCUT2D eigenvalue weighted by Crippen LogP contribution is -2.02. The predicted octanol–water partition coefficient (Wildman–Crippen LogP) is 3.89. The zero-order chi connectivity index (χ0) is 13.4. The molecule has 0 spiro atoms. The Labute approximate surface area is 129 Å². The van der Waals surface area contributed by atoms with Crippen LogP contribution in [0.1, 0.15) is 0 Å². The molecule has 0 aliphatic heterocycles. The van der Waals surface area contributed by atoms with Gasteiger partial charge in [-0.15, -0.1) is 0 Å². The van der Waals surface area contributed by atoms with Crippen molar-refractivity contribution in [3.63, 3.8) is 0 Å². The normalized spacial score (nSPS) is 11.1. The van der Waals surface area contributed by atoms with E-state index in [4.69, 9.17) is 11.6 Å². The van der Waals surface area contributed by atoms with Crippen molar-refractivity contribution in [1.29, 1.82) is 0 Å². The number of aromatic amines is 1. The summed E-state index contributed by atoms with van der Waals surface area (Å²) < 4.78 is 1.98. The van der Waals surface area contributed by atoms with Gasteiger partial charge in [-0.3, -0.25) is 8.77 Å². The van der Waals surface area contributed by atoms with Gasteiger partial charge in [-0.05, 0) is 18.2 Å². The van der Waals surface area contributed by atoms with Gasteiger partial charge in [0, 0.05) is 59.7 Å². The van der Waals surface area contributed by atoms with Crippen molar-refractivity contribution in [2.24, 2.45) is 0 Å². The van der Waals surface area contributed by atoms with Gasteiger partial charge in [0.05, 0.1) is 10.7 Å². The summed E-state index contributed by atoms with van der Waals surface area (Å²) in [5, 5.41) is 1.56. The highest BCUT2D eigenvalue weighted by Gasteiger charge is 2.13. The molecule has 0 aromatic carbocycles. The van der Waals surface area contributed by atoms with Crippen molar-refractivity contribution < 1.29 is 0 Å². The Bertz CT molecular complexity index is 794. The minimum atomic E-state index is -0.121. The zero-order valence-electron chi connectivity index (χ0n) is 9.43. The molecule has 3 aromatic rings. The molecule has 0 radical (unpaired) electrons. The Morgan fingerprint density at radius 3 is 2.89 bits per heavy atom. The fraction of sp³-hybridized carbons (Fsp3) is 0. The molecule has 4 nitrogen and oxygen atoms in total. The monoisotopic (exact) mass is 403 g/mol. The van der Waals surface area contributed by atoms with Gasteiger partial charge in [-0.2, -0.15) is 0 Å². The molecule has 3 rings (SSSR count).